The van der Waals surface area contributed by atoms with Gasteiger partial charge in [0.15, 0.2) is 0 Å². The van der Waals surface area contributed by atoms with Crippen LogP contribution in [-0.2, 0) is 6.54 Å². The van der Waals surface area contributed by atoms with Crippen LogP contribution in [0.1, 0.15) is 29.9 Å². The summed E-state index contributed by atoms with van der Waals surface area (Å²) in [6.45, 7) is 0.520. The molecular weight excluding hydrogens is 205 g/mol. The van der Waals surface area contributed by atoms with E-state index in [0.29, 0.717) is 17.5 Å². The van der Waals surface area contributed by atoms with E-state index in [2.05, 4.69) is 0 Å². The van der Waals surface area contributed by atoms with Gasteiger partial charge >= 0.3 is 0 Å². The Balaban J connectivity index is 2.50. The summed E-state index contributed by atoms with van der Waals surface area (Å²) in [5.74, 6) is 0.628. The van der Waals surface area contributed by atoms with Gasteiger partial charge in [-0.15, -0.1) is 0 Å². The highest BCUT2D eigenvalue weighted by atomic mass is 35.5. The van der Waals surface area contributed by atoms with E-state index in [-0.39, 0.29) is 0 Å². The van der Waals surface area contributed by atoms with Crippen LogP contribution in [0.5, 0.6) is 0 Å². The van der Waals surface area contributed by atoms with Crippen LogP contribution >= 0.6 is 23.2 Å². The number of benzene rings is 1. The van der Waals surface area contributed by atoms with Gasteiger partial charge in [-0.2, -0.15) is 0 Å². The zero-order valence-electron chi connectivity index (χ0n) is 7.19. The molecule has 0 heterocycles. The molecule has 0 atom stereocenters. The van der Waals surface area contributed by atoms with Crippen LogP contribution < -0.4 is 5.73 Å². The molecule has 1 aromatic carbocycles. The highest BCUT2D eigenvalue weighted by Crippen LogP contribution is 2.45. The van der Waals surface area contributed by atoms with Crippen LogP contribution in [-0.4, -0.2) is 0 Å². The molecule has 0 aliphatic heterocycles. The van der Waals surface area contributed by atoms with Crippen molar-refractivity contribution >= 4 is 23.2 Å². The second-order valence-electron chi connectivity index (χ2n) is 3.44. The van der Waals surface area contributed by atoms with Gasteiger partial charge in [-0.1, -0.05) is 23.2 Å². The first-order valence-corrected chi connectivity index (χ1v) is 5.16. The van der Waals surface area contributed by atoms with Crippen molar-refractivity contribution in [2.24, 2.45) is 5.73 Å². The van der Waals surface area contributed by atoms with Crippen LogP contribution in [0.15, 0.2) is 12.1 Å². The summed E-state index contributed by atoms with van der Waals surface area (Å²) in [7, 11) is 0. The molecule has 0 amide bonds. The van der Waals surface area contributed by atoms with Crippen LogP contribution in [0.2, 0.25) is 10.0 Å². The van der Waals surface area contributed by atoms with Gasteiger partial charge in [0.1, 0.15) is 0 Å². The largest absolute Gasteiger partial charge is 0.326 e. The van der Waals surface area contributed by atoms with E-state index in [4.69, 9.17) is 28.9 Å². The number of rotatable bonds is 2. The fraction of sp³-hybridized carbons (Fsp3) is 0.400. The molecule has 0 aromatic heterocycles. The minimum atomic E-state index is 0.520. The summed E-state index contributed by atoms with van der Waals surface area (Å²) >= 11 is 12.0. The van der Waals surface area contributed by atoms with Crippen molar-refractivity contribution in [3.8, 4) is 0 Å². The monoisotopic (exact) mass is 215 g/mol. The van der Waals surface area contributed by atoms with Crippen molar-refractivity contribution in [3.63, 3.8) is 0 Å². The summed E-state index contributed by atoms with van der Waals surface area (Å²) in [4.78, 5) is 0. The lowest BCUT2D eigenvalue weighted by Crippen LogP contribution is -2.01. The smallest absolute Gasteiger partial charge is 0.0458 e. The lowest BCUT2D eigenvalue weighted by atomic mass is 10.0. The maximum absolute atomic E-state index is 6.11. The van der Waals surface area contributed by atoms with Gasteiger partial charge in [0.05, 0.1) is 0 Å². The minimum Gasteiger partial charge on any atom is -0.326 e. The van der Waals surface area contributed by atoms with Gasteiger partial charge in [0.2, 0.25) is 0 Å². The minimum absolute atomic E-state index is 0.520. The molecule has 0 saturated heterocycles. The molecule has 13 heavy (non-hydrogen) atoms. The van der Waals surface area contributed by atoms with Crippen molar-refractivity contribution in [2.75, 3.05) is 0 Å². The molecule has 0 spiro atoms. The fourth-order valence-corrected chi connectivity index (χ4v) is 2.33. The molecule has 70 valence electrons. The molecule has 0 bridgehead atoms. The van der Waals surface area contributed by atoms with E-state index in [0.717, 1.165) is 10.6 Å². The quantitative estimate of drug-likeness (QED) is 0.806. The lowest BCUT2D eigenvalue weighted by molar-refractivity contribution is 0.997. The zero-order valence-corrected chi connectivity index (χ0v) is 8.70. The van der Waals surface area contributed by atoms with E-state index < -0.39 is 0 Å². The lowest BCUT2D eigenvalue weighted by Gasteiger charge is -2.09. The van der Waals surface area contributed by atoms with Gasteiger partial charge in [-0.25, -0.2) is 0 Å². The Kier molecular flexibility index (Phi) is 2.50. The summed E-state index contributed by atoms with van der Waals surface area (Å²) < 4.78 is 0. The maximum atomic E-state index is 6.11. The number of nitrogens with two attached hydrogens (primary N) is 1. The summed E-state index contributed by atoms with van der Waals surface area (Å²) in [5.41, 5.74) is 7.95. The predicted molar refractivity (Wildman–Crippen MR) is 56.3 cm³/mol. The zero-order chi connectivity index (χ0) is 9.42. The first-order chi connectivity index (χ1) is 6.22. The van der Waals surface area contributed by atoms with E-state index in [1.54, 1.807) is 6.07 Å². The predicted octanol–water partition coefficient (Wildman–Crippen LogP) is 3.33. The van der Waals surface area contributed by atoms with E-state index in [9.17, 15) is 0 Å². The van der Waals surface area contributed by atoms with Crippen molar-refractivity contribution in [3.05, 3.63) is 33.3 Å². The molecule has 2 rings (SSSR count). The Morgan fingerprint density at radius 1 is 1.31 bits per heavy atom. The van der Waals surface area contributed by atoms with Gasteiger partial charge < -0.3 is 5.73 Å². The Morgan fingerprint density at radius 3 is 2.54 bits per heavy atom. The van der Waals surface area contributed by atoms with Crippen LogP contribution in [0.25, 0.3) is 0 Å². The normalized spacial score (nSPS) is 16.2. The van der Waals surface area contributed by atoms with Crippen LogP contribution in [0.4, 0.5) is 0 Å². The molecule has 1 aliphatic rings. The van der Waals surface area contributed by atoms with Crippen molar-refractivity contribution in [1.82, 2.24) is 0 Å². The molecule has 1 aliphatic carbocycles. The standard InChI is InChI=1S/C10H11Cl2N/c11-8-3-7(5-13)10(6-1-2-6)9(12)4-8/h3-4,6H,1-2,5,13H2. The maximum Gasteiger partial charge on any atom is 0.0458 e. The first-order valence-electron chi connectivity index (χ1n) is 4.40. The van der Waals surface area contributed by atoms with Gasteiger partial charge in [-0.05, 0) is 42.0 Å². The first kappa shape index (κ1) is 9.32. The summed E-state index contributed by atoms with van der Waals surface area (Å²) in [6, 6.07) is 3.72. The van der Waals surface area contributed by atoms with Gasteiger partial charge in [0, 0.05) is 16.6 Å². The third-order valence-corrected chi connectivity index (χ3v) is 2.92. The molecular formula is C10H11Cl2N. The van der Waals surface area contributed by atoms with Crippen LogP contribution in [0.3, 0.4) is 0 Å². The highest BCUT2D eigenvalue weighted by Gasteiger charge is 2.28. The summed E-state index contributed by atoms with van der Waals surface area (Å²) in [5, 5.41) is 1.45. The Bertz CT molecular complexity index is 332. The Hall–Kier alpha value is -0.240. The molecule has 2 N–H and O–H groups in total. The Morgan fingerprint density at radius 2 is 2.00 bits per heavy atom. The number of halogens is 2. The topological polar surface area (TPSA) is 26.0 Å². The second kappa shape index (κ2) is 3.49. The Labute approximate surface area is 87.8 Å². The van der Waals surface area contributed by atoms with Crippen molar-refractivity contribution < 1.29 is 0 Å². The third kappa shape index (κ3) is 1.83. The van der Waals surface area contributed by atoms with Gasteiger partial charge in [-0.3, -0.25) is 0 Å². The average Bonchev–Trinajstić information content (AvgIpc) is 2.86. The van der Waals surface area contributed by atoms with Gasteiger partial charge in [0.25, 0.3) is 0 Å². The fourth-order valence-electron chi connectivity index (χ4n) is 1.64. The van der Waals surface area contributed by atoms with Crippen molar-refractivity contribution in [2.45, 2.75) is 25.3 Å². The van der Waals surface area contributed by atoms with Crippen molar-refractivity contribution in [1.29, 1.82) is 0 Å². The van der Waals surface area contributed by atoms with E-state index >= 15 is 0 Å². The molecule has 1 fully saturated rings. The molecule has 0 unspecified atom stereocenters. The molecule has 1 saturated carbocycles. The average molecular weight is 216 g/mol. The molecule has 3 heteroatoms. The summed E-state index contributed by atoms with van der Waals surface area (Å²) in [6.07, 6.45) is 2.46. The third-order valence-electron chi connectivity index (χ3n) is 2.39. The molecule has 1 nitrogen and oxygen atoms in total. The highest BCUT2D eigenvalue weighted by molar-refractivity contribution is 6.35. The number of hydrogen-bond acceptors (Lipinski definition) is 1. The second-order valence-corrected chi connectivity index (χ2v) is 4.28. The molecule has 1 aromatic rings. The van der Waals surface area contributed by atoms with E-state index in [1.807, 2.05) is 6.07 Å². The van der Waals surface area contributed by atoms with Crippen LogP contribution in [0, 0.1) is 0 Å². The molecule has 0 radical (unpaired) electrons. The SMILES string of the molecule is NCc1cc(Cl)cc(Cl)c1C1CC1. The van der Waals surface area contributed by atoms with E-state index in [1.165, 1.54) is 18.4 Å². The number of hydrogen-bond donors (Lipinski definition) is 1.